The SMILES string of the molecule is C=C1CC(CC)OC(C)C1(C)C. The van der Waals surface area contributed by atoms with Gasteiger partial charge in [0, 0.05) is 5.41 Å². The third-order valence-electron chi connectivity index (χ3n) is 3.25. The molecule has 12 heavy (non-hydrogen) atoms. The van der Waals surface area contributed by atoms with Crippen molar-refractivity contribution in [3.8, 4) is 0 Å². The molecule has 2 atom stereocenters. The van der Waals surface area contributed by atoms with Crippen LogP contribution in [0.15, 0.2) is 12.2 Å². The molecule has 70 valence electrons. The van der Waals surface area contributed by atoms with Crippen molar-refractivity contribution in [1.82, 2.24) is 0 Å². The van der Waals surface area contributed by atoms with Crippen LogP contribution in [0.4, 0.5) is 0 Å². The first kappa shape index (κ1) is 9.79. The Morgan fingerprint density at radius 1 is 1.58 bits per heavy atom. The van der Waals surface area contributed by atoms with Crippen molar-refractivity contribution in [3.05, 3.63) is 12.2 Å². The number of ether oxygens (including phenoxy) is 1. The van der Waals surface area contributed by atoms with Crippen molar-refractivity contribution in [2.75, 3.05) is 0 Å². The minimum Gasteiger partial charge on any atom is -0.374 e. The zero-order valence-corrected chi connectivity index (χ0v) is 8.68. The average molecular weight is 168 g/mol. The highest BCUT2D eigenvalue weighted by Gasteiger charge is 2.36. The predicted molar refractivity (Wildman–Crippen MR) is 52.2 cm³/mol. The molecule has 0 radical (unpaired) electrons. The van der Waals surface area contributed by atoms with E-state index in [9.17, 15) is 0 Å². The molecule has 1 saturated heterocycles. The van der Waals surface area contributed by atoms with E-state index in [0.717, 1.165) is 12.8 Å². The minimum atomic E-state index is 0.158. The monoisotopic (exact) mass is 168 g/mol. The quantitative estimate of drug-likeness (QED) is 0.546. The maximum Gasteiger partial charge on any atom is 0.0638 e. The van der Waals surface area contributed by atoms with Gasteiger partial charge < -0.3 is 4.74 Å². The van der Waals surface area contributed by atoms with Crippen LogP contribution in [-0.4, -0.2) is 12.2 Å². The summed E-state index contributed by atoms with van der Waals surface area (Å²) in [7, 11) is 0. The molecule has 2 unspecified atom stereocenters. The van der Waals surface area contributed by atoms with Crippen LogP contribution in [0, 0.1) is 5.41 Å². The highest BCUT2D eigenvalue weighted by molar-refractivity contribution is 5.13. The second kappa shape index (κ2) is 3.21. The molecular formula is C11H20O. The highest BCUT2D eigenvalue weighted by atomic mass is 16.5. The lowest BCUT2D eigenvalue weighted by atomic mass is 9.75. The Morgan fingerprint density at radius 2 is 2.17 bits per heavy atom. The van der Waals surface area contributed by atoms with Gasteiger partial charge in [-0.15, -0.1) is 0 Å². The smallest absolute Gasteiger partial charge is 0.0638 e. The molecule has 0 aromatic rings. The molecule has 1 rings (SSSR count). The molecular weight excluding hydrogens is 148 g/mol. The van der Waals surface area contributed by atoms with Crippen LogP contribution in [0.1, 0.15) is 40.5 Å². The fourth-order valence-corrected chi connectivity index (χ4v) is 1.57. The summed E-state index contributed by atoms with van der Waals surface area (Å²) in [6, 6.07) is 0. The van der Waals surface area contributed by atoms with Gasteiger partial charge in [0.05, 0.1) is 12.2 Å². The van der Waals surface area contributed by atoms with E-state index < -0.39 is 0 Å². The molecule has 1 nitrogen and oxygen atoms in total. The fourth-order valence-electron chi connectivity index (χ4n) is 1.57. The Morgan fingerprint density at radius 3 is 2.58 bits per heavy atom. The summed E-state index contributed by atoms with van der Waals surface area (Å²) in [6.07, 6.45) is 2.84. The minimum absolute atomic E-state index is 0.158. The van der Waals surface area contributed by atoms with Crippen molar-refractivity contribution in [2.45, 2.75) is 52.7 Å². The molecule has 0 spiro atoms. The van der Waals surface area contributed by atoms with Crippen molar-refractivity contribution < 1.29 is 4.74 Å². The van der Waals surface area contributed by atoms with E-state index in [-0.39, 0.29) is 5.41 Å². The lowest BCUT2D eigenvalue weighted by Gasteiger charge is -2.42. The van der Waals surface area contributed by atoms with Crippen LogP contribution in [0.5, 0.6) is 0 Å². The maximum atomic E-state index is 5.86. The van der Waals surface area contributed by atoms with Gasteiger partial charge in [-0.3, -0.25) is 0 Å². The Labute approximate surface area is 75.8 Å². The molecule has 1 fully saturated rings. The molecule has 0 aromatic heterocycles. The van der Waals surface area contributed by atoms with Crippen molar-refractivity contribution in [1.29, 1.82) is 0 Å². The van der Waals surface area contributed by atoms with Gasteiger partial charge in [-0.25, -0.2) is 0 Å². The molecule has 1 aliphatic rings. The summed E-state index contributed by atoms with van der Waals surface area (Å²) in [5, 5.41) is 0. The maximum absolute atomic E-state index is 5.86. The second-order valence-electron chi connectivity index (χ2n) is 4.34. The molecule has 1 heteroatoms. The van der Waals surface area contributed by atoms with E-state index in [4.69, 9.17) is 4.74 Å². The molecule has 1 heterocycles. The topological polar surface area (TPSA) is 9.23 Å². The van der Waals surface area contributed by atoms with Gasteiger partial charge in [-0.2, -0.15) is 0 Å². The molecule has 0 bridgehead atoms. The van der Waals surface area contributed by atoms with E-state index in [2.05, 4.69) is 34.3 Å². The van der Waals surface area contributed by atoms with Crippen LogP contribution in [0.3, 0.4) is 0 Å². The van der Waals surface area contributed by atoms with Gasteiger partial charge in [-0.05, 0) is 19.8 Å². The standard InChI is InChI=1S/C11H20O/c1-6-10-7-8(2)11(4,5)9(3)12-10/h9-10H,2,6-7H2,1,3-5H3. The van der Waals surface area contributed by atoms with Crippen LogP contribution in [0.2, 0.25) is 0 Å². The number of rotatable bonds is 1. The molecule has 0 amide bonds. The third-order valence-corrected chi connectivity index (χ3v) is 3.25. The van der Waals surface area contributed by atoms with Crippen LogP contribution >= 0.6 is 0 Å². The van der Waals surface area contributed by atoms with Gasteiger partial charge in [0.15, 0.2) is 0 Å². The van der Waals surface area contributed by atoms with Crippen LogP contribution < -0.4 is 0 Å². The van der Waals surface area contributed by atoms with Gasteiger partial charge in [-0.1, -0.05) is 32.9 Å². The Hall–Kier alpha value is -0.300. The van der Waals surface area contributed by atoms with E-state index in [1.807, 2.05) is 0 Å². The third kappa shape index (κ3) is 1.56. The molecule has 0 saturated carbocycles. The largest absolute Gasteiger partial charge is 0.374 e. The average Bonchev–Trinajstić information content (AvgIpc) is 2.00. The fraction of sp³-hybridized carbons (Fsp3) is 0.818. The normalized spacial score (nSPS) is 35.2. The van der Waals surface area contributed by atoms with Gasteiger partial charge in [0.2, 0.25) is 0 Å². The first-order valence-electron chi connectivity index (χ1n) is 4.82. The zero-order valence-electron chi connectivity index (χ0n) is 8.68. The van der Waals surface area contributed by atoms with Gasteiger partial charge in [0.1, 0.15) is 0 Å². The zero-order chi connectivity index (χ0) is 9.35. The first-order chi connectivity index (χ1) is 5.48. The molecule has 0 N–H and O–H groups in total. The summed E-state index contributed by atoms with van der Waals surface area (Å²) >= 11 is 0. The summed E-state index contributed by atoms with van der Waals surface area (Å²) in [5.74, 6) is 0. The Balaban J connectivity index is 2.71. The second-order valence-corrected chi connectivity index (χ2v) is 4.34. The Bertz CT molecular complexity index is 181. The number of hydrogen-bond acceptors (Lipinski definition) is 1. The van der Waals surface area contributed by atoms with Gasteiger partial charge in [0.25, 0.3) is 0 Å². The first-order valence-corrected chi connectivity index (χ1v) is 4.82. The van der Waals surface area contributed by atoms with Crippen molar-refractivity contribution in [3.63, 3.8) is 0 Å². The summed E-state index contributed by atoms with van der Waals surface area (Å²) in [6.45, 7) is 12.9. The van der Waals surface area contributed by atoms with E-state index in [1.54, 1.807) is 0 Å². The predicted octanol–water partition coefficient (Wildman–Crippen LogP) is 3.16. The summed E-state index contributed by atoms with van der Waals surface area (Å²) in [4.78, 5) is 0. The lowest BCUT2D eigenvalue weighted by Crippen LogP contribution is -2.40. The van der Waals surface area contributed by atoms with Gasteiger partial charge >= 0.3 is 0 Å². The van der Waals surface area contributed by atoms with Crippen molar-refractivity contribution >= 4 is 0 Å². The molecule has 1 aliphatic heterocycles. The summed E-state index contributed by atoms with van der Waals surface area (Å²) in [5.41, 5.74) is 1.50. The number of hydrogen-bond donors (Lipinski definition) is 0. The Kier molecular flexibility index (Phi) is 2.62. The lowest BCUT2D eigenvalue weighted by molar-refractivity contribution is -0.0785. The van der Waals surface area contributed by atoms with E-state index >= 15 is 0 Å². The van der Waals surface area contributed by atoms with Crippen LogP contribution in [0.25, 0.3) is 0 Å². The van der Waals surface area contributed by atoms with Crippen LogP contribution in [-0.2, 0) is 4.74 Å². The molecule has 0 aromatic carbocycles. The van der Waals surface area contributed by atoms with E-state index in [0.29, 0.717) is 12.2 Å². The van der Waals surface area contributed by atoms with Crippen molar-refractivity contribution in [2.24, 2.45) is 5.41 Å². The summed E-state index contributed by atoms with van der Waals surface area (Å²) < 4.78 is 5.86. The molecule has 0 aliphatic carbocycles. The van der Waals surface area contributed by atoms with E-state index in [1.165, 1.54) is 5.57 Å². The highest BCUT2D eigenvalue weighted by Crippen LogP contribution is 2.39.